The van der Waals surface area contributed by atoms with E-state index in [4.69, 9.17) is 4.74 Å². The second-order valence-corrected chi connectivity index (χ2v) is 5.83. The summed E-state index contributed by atoms with van der Waals surface area (Å²) in [6.45, 7) is 6.26. The molecule has 106 valence electrons. The number of halogens is 2. The van der Waals surface area contributed by atoms with E-state index < -0.39 is 11.7 Å². The van der Waals surface area contributed by atoms with E-state index in [2.05, 4.69) is 26.6 Å². The maximum atomic E-state index is 13.0. The Morgan fingerprint density at radius 3 is 2.68 bits per heavy atom. The van der Waals surface area contributed by atoms with E-state index in [1.165, 1.54) is 12.1 Å². The van der Waals surface area contributed by atoms with E-state index in [1.807, 2.05) is 0 Å². The Kier molecular flexibility index (Phi) is 5.60. The molecule has 0 atom stereocenters. The fraction of sp³-hybridized carbons (Fsp3) is 0.462. The van der Waals surface area contributed by atoms with E-state index in [-0.39, 0.29) is 5.82 Å². The smallest absolute Gasteiger partial charge is 0.407 e. The molecule has 6 heteroatoms. The lowest BCUT2D eigenvalue weighted by Gasteiger charge is -2.19. The van der Waals surface area contributed by atoms with Crippen molar-refractivity contribution in [1.82, 2.24) is 5.32 Å². The fourth-order valence-electron chi connectivity index (χ4n) is 1.31. The topological polar surface area (TPSA) is 50.4 Å². The molecule has 0 saturated carbocycles. The molecule has 1 aromatic rings. The summed E-state index contributed by atoms with van der Waals surface area (Å²) in [5, 5.41) is 5.63. The fourth-order valence-corrected chi connectivity index (χ4v) is 1.70. The highest BCUT2D eigenvalue weighted by Crippen LogP contribution is 2.22. The molecule has 0 aliphatic carbocycles. The third kappa shape index (κ3) is 6.42. The van der Waals surface area contributed by atoms with Gasteiger partial charge in [-0.05, 0) is 54.9 Å². The Balaban J connectivity index is 2.31. The van der Waals surface area contributed by atoms with E-state index in [0.717, 1.165) is 4.47 Å². The quantitative estimate of drug-likeness (QED) is 0.829. The molecule has 0 aliphatic heterocycles. The van der Waals surface area contributed by atoms with Gasteiger partial charge in [0.15, 0.2) is 0 Å². The lowest BCUT2D eigenvalue weighted by molar-refractivity contribution is 0.0530. The molecule has 0 saturated heterocycles. The van der Waals surface area contributed by atoms with Gasteiger partial charge in [-0.15, -0.1) is 0 Å². The van der Waals surface area contributed by atoms with E-state index in [9.17, 15) is 9.18 Å². The number of carbonyl (C=O) groups is 1. The van der Waals surface area contributed by atoms with Crippen molar-refractivity contribution in [2.24, 2.45) is 0 Å². The van der Waals surface area contributed by atoms with Gasteiger partial charge in [-0.3, -0.25) is 0 Å². The zero-order valence-electron chi connectivity index (χ0n) is 11.2. The maximum Gasteiger partial charge on any atom is 0.407 e. The van der Waals surface area contributed by atoms with Crippen LogP contribution in [0.15, 0.2) is 22.7 Å². The average Bonchev–Trinajstić information content (AvgIpc) is 2.26. The Bertz CT molecular complexity index is 447. The van der Waals surface area contributed by atoms with Gasteiger partial charge < -0.3 is 15.4 Å². The summed E-state index contributed by atoms with van der Waals surface area (Å²) < 4.78 is 18.9. The normalized spacial score (nSPS) is 11.0. The average molecular weight is 333 g/mol. The van der Waals surface area contributed by atoms with Crippen LogP contribution >= 0.6 is 15.9 Å². The monoisotopic (exact) mass is 332 g/mol. The van der Waals surface area contributed by atoms with Gasteiger partial charge in [0.25, 0.3) is 0 Å². The van der Waals surface area contributed by atoms with Gasteiger partial charge in [0.05, 0.1) is 5.69 Å². The molecule has 0 bridgehead atoms. The highest BCUT2D eigenvalue weighted by Gasteiger charge is 2.15. The minimum absolute atomic E-state index is 0.314. The van der Waals surface area contributed by atoms with Crippen molar-refractivity contribution >= 4 is 27.7 Å². The molecule has 0 radical (unpaired) electrons. The summed E-state index contributed by atoms with van der Waals surface area (Å²) in [6, 6.07) is 4.38. The summed E-state index contributed by atoms with van der Waals surface area (Å²) in [5.74, 6) is -0.314. The van der Waals surface area contributed by atoms with Gasteiger partial charge in [0, 0.05) is 17.6 Å². The number of carbonyl (C=O) groups excluding carboxylic acids is 1. The van der Waals surface area contributed by atoms with Crippen LogP contribution in [0.1, 0.15) is 20.8 Å². The van der Waals surface area contributed by atoms with Crippen LogP contribution in [0, 0.1) is 5.82 Å². The number of anilines is 1. The van der Waals surface area contributed by atoms with Gasteiger partial charge in [0.1, 0.15) is 11.4 Å². The Morgan fingerprint density at radius 1 is 1.37 bits per heavy atom. The minimum Gasteiger partial charge on any atom is -0.444 e. The van der Waals surface area contributed by atoms with Crippen LogP contribution in [0.3, 0.4) is 0 Å². The number of amides is 1. The lowest BCUT2D eigenvalue weighted by atomic mass is 10.2. The van der Waals surface area contributed by atoms with Crippen molar-refractivity contribution in [3.8, 4) is 0 Å². The maximum absolute atomic E-state index is 13.0. The van der Waals surface area contributed by atoms with E-state index in [0.29, 0.717) is 18.8 Å². The van der Waals surface area contributed by atoms with Crippen LogP contribution in [0.2, 0.25) is 0 Å². The number of ether oxygens (including phenoxy) is 1. The van der Waals surface area contributed by atoms with Crippen LogP contribution in [0.5, 0.6) is 0 Å². The number of alkyl carbamates (subject to hydrolysis) is 1. The van der Waals surface area contributed by atoms with Crippen molar-refractivity contribution < 1.29 is 13.9 Å². The molecule has 1 amide bonds. The van der Waals surface area contributed by atoms with Crippen molar-refractivity contribution in [2.45, 2.75) is 26.4 Å². The van der Waals surface area contributed by atoms with Crippen LogP contribution in [0.25, 0.3) is 0 Å². The van der Waals surface area contributed by atoms with Crippen molar-refractivity contribution in [2.75, 3.05) is 18.4 Å². The molecule has 0 spiro atoms. The standard InChI is InChI=1S/C13H18BrFN2O2/c1-13(2,3)19-12(18)17-7-6-16-11-8-9(15)4-5-10(11)14/h4-5,8,16H,6-7H2,1-3H3,(H,17,18). The zero-order valence-corrected chi connectivity index (χ0v) is 12.8. The zero-order chi connectivity index (χ0) is 14.5. The van der Waals surface area contributed by atoms with Gasteiger partial charge in [-0.1, -0.05) is 0 Å². The summed E-state index contributed by atoms with van der Waals surface area (Å²) in [7, 11) is 0. The van der Waals surface area contributed by atoms with Crippen molar-refractivity contribution in [3.05, 3.63) is 28.5 Å². The molecule has 1 rings (SSSR count). The molecule has 1 aromatic carbocycles. The number of nitrogens with one attached hydrogen (secondary N) is 2. The Hall–Kier alpha value is -1.30. The predicted octanol–water partition coefficient (Wildman–Crippen LogP) is 3.52. The number of hydrogen-bond donors (Lipinski definition) is 2. The first kappa shape index (κ1) is 15.8. The summed E-state index contributed by atoms with van der Waals surface area (Å²) >= 11 is 3.31. The minimum atomic E-state index is -0.511. The molecule has 4 nitrogen and oxygen atoms in total. The van der Waals surface area contributed by atoms with Crippen LogP contribution in [0.4, 0.5) is 14.9 Å². The second-order valence-electron chi connectivity index (χ2n) is 4.98. The molecule has 19 heavy (non-hydrogen) atoms. The van der Waals surface area contributed by atoms with Gasteiger partial charge in [-0.25, -0.2) is 9.18 Å². The molecule has 0 aromatic heterocycles. The first-order chi connectivity index (χ1) is 8.78. The lowest BCUT2D eigenvalue weighted by Crippen LogP contribution is -2.35. The molecular formula is C13H18BrFN2O2. The summed E-state index contributed by atoms with van der Waals surface area (Å²) in [4.78, 5) is 11.4. The third-order valence-electron chi connectivity index (χ3n) is 2.04. The first-order valence-electron chi connectivity index (χ1n) is 5.94. The van der Waals surface area contributed by atoms with Crippen molar-refractivity contribution in [3.63, 3.8) is 0 Å². The number of benzene rings is 1. The highest BCUT2D eigenvalue weighted by atomic mass is 79.9. The molecule has 0 aliphatic rings. The molecule has 2 N–H and O–H groups in total. The first-order valence-corrected chi connectivity index (χ1v) is 6.73. The van der Waals surface area contributed by atoms with Crippen molar-refractivity contribution in [1.29, 1.82) is 0 Å². The highest BCUT2D eigenvalue weighted by molar-refractivity contribution is 9.10. The molecular weight excluding hydrogens is 315 g/mol. The third-order valence-corrected chi connectivity index (χ3v) is 2.73. The predicted molar refractivity (Wildman–Crippen MR) is 76.8 cm³/mol. The van der Waals surface area contributed by atoms with Crippen LogP contribution in [-0.4, -0.2) is 24.8 Å². The molecule has 0 heterocycles. The number of rotatable bonds is 4. The SMILES string of the molecule is CC(C)(C)OC(=O)NCCNc1cc(F)ccc1Br. The Morgan fingerprint density at radius 2 is 2.05 bits per heavy atom. The van der Waals surface area contributed by atoms with E-state index >= 15 is 0 Å². The molecule has 0 unspecified atom stereocenters. The van der Waals surface area contributed by atoms with Gasteiger partial charge >= 0.3 is 6.09 Å². The summed E-state index contributed by atoms with van der Waals surface area (Å²) in [5.41, 5.74) is 0.134. The van der Waals surface area contributed by atoms with Gasteiger partial charge in [-0.2, -0.15) is 0 Å². The summed E-state index contributed by atoms with van der Waals surface area (Å²) in [6.07, 6.45) is -0.465. The van der Waals surface area contributed by atoms with E-state index in [1.54, 1.807) is 26.8 Å². The number of hydrogen-bond acceptors (Lipinski definition) is 3. The Labute approximate surface area is 120 Å². The second kappa shape index (κ2) is 6.75. The van der Waals surface area contributed by atoms with Gasteiger partial charge in [0.2, 0.25) is 0 Å². The molecule has 0 fully saturated rings. The largest absolute Gasteiger partial charge is 0.444 e. The van der Waals surface area contributed by atoms with Crippen LogP contribution < -0.4 is 10.6 Å². The van der Waals surface area contributed by atoms with Crippen LogP contribution in [-0.2, 0) is 4.74 Å².